The number of hydrogen-bond acceptors (Lipinski definition) is 1. The molecule has 1 aliphatic heterocycles. The number of likely N-dealkylation sites (tertiary alicyclic amines) is 1. The Morgan fingerprint density at radius 3 is 2.24 bits per heavy atom. The number of carbonyl (C=O) groups is 1. The Bertz CT molecular complexity index is 227. The van der Waals surface area contributed by atoms with E-state index in [4.69, 9.17) is 0 Å². The molecule has 1 heterocycles. The van der Waals surface area contributed by atoms with E-state index in [1.54, 1.807) is 0 Å². The van der Waals surface area contributed by atoms with E-state index in [1.165, 1.54) is 19.3 Å². The van der Waals surface area contributed by atoms with Gasteiger partial charge in [0.2, 0.25) is 5.91 Å². The summed E-state index contributed by atoms with van der Waals surface area (Å²) in [6.45, 7) is 11.0. The molecule has 0 radical (unpaired) electrons. The number of piperidine rings is 1. The van der Waals surface area contributed by atoms with Crippen LogP contribution in [0.3, 0.4) is 0 Å². The van der Waals surface area contributed by atoms with Gasteiger partial charge in [0, 0.05) is 19.5 Å². The fourth-order valence-electron chi connectivity index (χ4n) is 2.64. The Labute approximate surface area is 107 Å². The van der Waals surface area contributed by atoms with Crippen molar-refractivity contribution in [1.29, 1.82) is 0 Å². The molecule has 0 unspecified atom stereocenters. The number of amides is 1. The molecular weight excluding hydrogens is 210 g/mol. The van der Waals surface area contributed by atoms with Crippen LogP contribution in [0.5, 0.6) is 0 Å². The van der Waals surface area contributed by atoms with Gasteiger partial charge >= 0.3 is 0 Å². The standard InChI is InChI=1S/C15H29NO/c1-12(2)6-5-7-15(17)16-10-8-14(9-11-16)13(3)4/h12-14H,5-11H2,1-4H3. The lowest BCUT2D eigenvalue weighted by Gasteiger charge is -2.34. The van der Waals surface area contributed by atoms with Crippen LogP contribution in [0, 0.1) is 17.8 Å². The first kappa shape index (κ1) is 14.5. The smallest absolute Gasteiger partial charge is 0.222 e. The van der Waals surface area contributed by atoms with E-state index in [-0.39, 0.29) is 0 Å². The van der Waals surface area contributed by atoms with E-state index in [2.05, 4.69) is 32.6 Å². The van der Waals surface area contributed by atoms with Gasteiger partial charge in [-0.05, 0) is 37.0 Å². The molecule has 1 amide bonds. The average Bonchev–Trinajstić information content (AvgIpc) is 2.28. The van der Waals surface area contributed by atoms with Crippen LogP contribution in [-0.2, 0) is 4.79 Å². The van der Waals surface area contributed by atoms with Gasteiger partial charge in [0.05, 0.1) is 0 Å². The van der Waals surface area contributed by atoms with E-state index < -0.39 is 0 Å². The zero-order valence-corrected chi connectivity index (χ0v) is 12.0. The quantitative estimate of drug-likeness (QED) is 0.716. The lowest BCUT2D eigenvalue weighted by atomic mass is 9.86. The lowest BCUT2D eigenvalue weighted by Crippen LogP contribution is -2.39. The SMILES string of the molecule is CC(C)CCCC(=O)N1CCC(C(C)C)CC1. The van der Waals surface area contributed by atoms with Gasteiger partial charge in [-0.3, -0.25) is 4.79 Å². The minimum Gasteiger partial charge on any atom is -0.343 e. The van der Waals surface area contributed by atoms with Crippen molar-refractivity contribution in [3.05, 3.63) is 0 Å². The van der Waals surface area contributed by atoms with Crippen LogP contribution in [0.25, 0.3) is 0 Å². The zero-order valence-electron chi connectivity index (χ0n) is 12.0. The third kappa shape index (κ3) is 5.10. The maximum Gasteiger partial charge on any atom is 0.222 e. The molecule has 1 rings (SSSR count). The monoisotopic (exact) mass is 239 g/mol. The van der Waals surface area contributed by atoms with Crippen molar-refractivity contribution in [3.63, 3.8) is 0 Å². The summed E-state index contributed by atoms with van der Waals surface area (Å²) in [5, 5.41) is 0. The topological polar surface area (TPSA) is 20.3 Å². The zero-order chi connectivity index (χ0) is 12.8. The fraction of sp³-hybridized carbons (Fsp3) is 0.933. The fourth-order valence-corrected chi connectivity index (χ4v) is 2.64. The number of hydrogen-bond donors (Lipinski definition) is 0. The predicted molar refractivity (Wildman–Crippen MR) is 72.8 cm³/mol. The van der Waals surface area contributed by atoms with Crippen molar-refractivity contribution in [2.24, 2.45) is 17.8 Å². The van der Waals surface area contributed by atoms with Crippen molar-refractivity contribution in [3.8, 4) is 0 Å². The van der Waals surface area contributed by atoms with E-state index in [0.717, 1.165) is 43.7 Å². The summed E-state index contributed by atoms with van der Waals surface area (Å²) < 4.78 is 0. The summed E-state index contributed by atoms with van der Waals surface area (Å²) in [6.07, 6.45) is 5.39. The normalized spacial score (nSPS) is 18.1. The highest BCUT2D eigenvalue weighted by Crippen LogP contribution is 2.24. The highest BCUT2D eigenvalue weighted by atomic mass is 16.2. The van der Waals surface area contributed by atoms with Crippen molar-refractivity contribution in [2.75, 3.05) is 13.1 Å². The molecule has 0 saturated carbocycles. The van der Waals surface area contributed by atoms with Gasteiger partial charge in [0.25, 0.3) is 0 Å². The van der Waals surface area contributed by atoms with Gasteiger partial charge in [-0.25, -0.2) is 0 Å². The second-order valence-corrected chi connectivity index (χ2v) is 6.25. The third-order valence-corrected chi connectivity index (χ3v) is 4.01. The molecule has 0 bridgehead atoms. The Hall–Kier alpha value is -0.530. The molecule has 1 saturated heterocycles. The van der Waals surface area contributed by atoms with Gasteiger partial charge in [-0.1, -0.05) is 34.1 Å². The first-order valence-electron chi connectivity index (χ1n) is 7.28. The Morgan fingerprint density at radius 2 is 1.76 bits per heavy atom. The van der Waals surface area contributed by atoms with Crippen LogP contribution in [0.15, 0.2) is 0 Å². The number of nitrogens with zero attached hydrogens (tertiary/aromatic N) is 1. The van der Waals surface area contributed by atoms with Crippen molar-refractivity contribution in [1.82, 2.24) is 4.90 Å². The maximum absolute atomic E-state index is 12.0. The molecule has 0 aromatic carbocycles. The molecule has 0 aromatic rings. The summed E-state index contributed by atoms with van der Waals surface area (Å²) >= 11 is 0. The second kappa shape index (κ2) is 7.03. The largest absolute Gasteiger partial charge is 0.343 e. The van der Waals surface area contributed by atoms with Crippen LogP contribution < -0.4 is 0 Å². The summed E-state index contributed by atoms with van der Waals surface area (Å²) in [5.74, 6) is 2.70. The molecular formula is C15H29NO. The molecule has 0 atom stereocenters. The molecule has 0 spiro atoms. The molecule has 2 nitrogen and oxygen atoms in total. The van der Waals surface area contributed by atoms with Crippen LogP contribution in [-0.4, -0.2) is 23.9 Å². The first-order chi connectivity index (χ1) is 8.00. The molecule has 1 aliphatic rings. The van der Waals surface area contributed by atoms with Crippen LogP contribution >= 0.6 is 0 Å². The molecule has 2 heteroatoms. The molecule has 0 N–H and O–H groups in total. The van der Waals surface area contributed by atoms with E-state index >= 15 is 0 Å². The molecule has 0 aromatic heterocycles. The van der Waals surface area contributed by atoms with E-state index in [0.29, 0.717) is 5.91 Å². The van der Waals surface area contributed by atoms with Gasteiger partial charge in [0.1, 0.15) is 0 Å². The van der Waals surface area contributed by atoms with Gasteiger partial charge in [0.15, 0.2) is 0 Å². The minimum absolute atomic E-state index is 0.382. The van der Waals surface area contributed by atoms with Gasteiger partial charge in [-0.15, -0.1) is 0 Å². The summed E-state index contributed by atoms with van der Waals surface area (Å²) in [7, 11) is 0. The van der Waals surface area contributed by atoms with Crippen LogP contribution in [0.2, 0.25) is 0 Å². The Balaban J connectivity index is 2.21. The lowest BCUT2D eigenvalue weighted by molar-refractivity contribution is -0.132. The minimum atomic E-state index is 0.382. The van der Waals surface area contributed by atoms with E-state index in [9.17, 15) is 4.79 Å². The number of carbonyl (C=O) groups excluding carboxylic acids is 1. The van der Waals surface area contributed by atoms with Gasteiger partial charge < -0.3 is 4.90 Å². The summed E-state index contributed by atoms with van der Waals surface area (Å²) in [5.41, 5.74) is 0. The molecule has 0 aliphatic carbocycles. The van der Waals surface area contributed by atoms with E-state index in [1.807, 2.05) is 0 Å². The first-order valence-corrected chi connectivity index (χ1v) is 7.28. The highest BCUT2D eigenvalue weighted by Gasteiger charge is 2.23. The molecule has 100 valence electrons. The number of rotatable bonds is 5. The Morgan fingerprint density at radius 1 is 1.18 bits per heavy atom. The van der Waals surface area contributed by atoms with Crippen molar-refractivity contribution < 1.29 is 4.79 Å². The molecule has 1 fully saturated rings. The Kier molecular flexibility index (Phi) is 6.01. The average molecular weight is 239 g/mol. The van der Waals surface area contributed by atoms with Gasteiger partial charge in [-0.2, -0.15) is 0 Å². The maximum atomic E-state index is 12.0. The van der Waals surface area contributed by atoms with Crippen LogP contribution in [0.4, 0.5) is 0 Å². The van der Waals surface area contributed by atoms with Crippen molar-refractivity contribution in [2.45, 2.75) is 59.8 Å². The second-order valence-electron chi connectivity index (χ2n) is 6.25. The predicted octanol–water partition coefficient (Wildman–Crippen LogP) is 3.71. The summed E-state index contributed by atoms with van der Waals surface area (Å²) in [4.78, 5) is 14.1. The summed E-state index contributed by atoms with van der Waals surface area (Å²) in [6, 6.07) is 0. The van der Waals surface area contributed by atoms with Crippen LogP contribution in [0.1, 0.15) is 59.8 Å². The third-order valence-electron chi connectivity index (χ3n) is 4.01. The highest BCUT2D eigenvalue weighted by molar-refractivity contribution is 5.76. The molecule has 17 heavy (non-hydrogen) atoms. The van der Waals surface area contributed by atoms with Crippen molar-refractivity contribution >= 4 is 5.91 Å².